The average molecular weight is 473 g/mol. The molecular formula is C22H18BrFN2O2S. The summed E-state index contributed by atoms with van der Waals surface area (Å²) in [5.41, 5.74) is 1.74. The molecule has 0 aliphatic heterocycles. The number of rotatable bonds is 6. The molecule has 0 aliphatic carbocycles. The summed E-state index contributed by atoms with van der Waals surface area (Å²) in [5.74, 6) is -0.792. The summed E-state index contributed by atoms with van der Waals surface area (Å²) < 4.78 is 13.9. The number of anilines is 2. The summed E-state index contributed by atoms with van der Waals surface area (Å²) in [6.07, 6.45) is 0. The molecule has 0 saturated carbocycles. The van der Waals surface area contributed by atoms with Crippen molar-refractivity contribution >= 4 is 50.9 Å². The second-order valence-corrected chi connectivity index (χ2v) is 8.57. The number of hydrogen-bond donors (Lipinski definition) is 2. The van der Waals surface area contributed by atoms with Crippen molar-refractivity contribution < 1.29 is 14.0 Å². The molecule has 0 radical (unpaired) electrons. The number of benzene rings is 3. The second kappa shape index (κ2) is 9.71. The van der Waals surface area contributed by atoms with Crippen molar-refractivity contribution in [2.75, 3.05) is 10.6 Å². The Morgan fingerprint density at radius 3 is 2.03 bits per heavy atom. The molecular weight excluding hydrogens is 455 g/mol. The lowest BCUT2D eigenvalue weighted by Gasteiger charge is -2.13. The number of hydrogen-bond acceptors (Lipinski definition) is 3. The maximum Gasteiger partial charge on any atom is 0.255 e. The Balaban J connectivity index is 1.55. The van der Waals surface area contributed by atoms with Crippen molar-refractivity contribution in [2.24, 2.45) is 0 Å². The lowest BCUT2D eigenvalue weighted by Crippen LogP contribution is -2.22. The van der Waals surface area contributed by atoms with Gasteiger partial charge in [0.2, 0.25) is 5.91 Å². The maximum atomic E-state index is 13.0. The molecule has 0 aliphatic rings. The molecule has 1 atom stereocenters. The van der Waals surface area contributed by atoms with Gasteiger partial charge in [-0.05, 0) is 79.7 Å². The molecule has 2 amide bonds. The molecule has 3 aromatic carbocycles. The van der Waals surface area contributed by atoms with Gasteiger partial charge in [0.15, 0.2) is 0 Å². The molecule has 7 heteroatoms. The third-order valence-corrected chi connectivity index (χ3v) is 5.65. The van der Waals surface area contributed by atoms with Crippen molar-refractivity contribution in [3.63, 3.8) is 0 Å². The molecule has 0 spiro atoms. The first-order chi connectivity index (χ1) is 13.9. The van der Waals surface area contributed by atoms with Crippen LogP contribution in [0.1, 0.15) is 17.3 Å². The maximum absolute atomic E-state index is 13.0. The first kappa shape index (κ1) is 21.1. The Morgan fingerprint density at radius 1 is 0.862 bits per heavy atom. The van der Waals surface area contributed by atoms with Crippen molar-refractivity contribution in [1.82, 2.24) is 0 Å². The van der Waals surface area contributed by atoms with E-state index < -0.39 is 0 Å². The molecule has 0 bridgehead atoms. The highest BCUT2D eigenvalue weighted by atomic mass is 79.9. The van der Waals surface area contributed by atoms with Crippen LogP contribution in [0.4, 0.5) is 15.8 Å². The first-order valence-corrected chi connectivity index (χ1v) is 10.5. The molecule has 0 saturated heterocycles. The molecule has 3 rings (SSSR count). The fourth-order valence-corrected chi connectivity index (χ4v) is 3.59. The molecule has 4 nitrogen and oxygen atoms in total. The van der Waals surface area contributed by atoms with E-state index in [1.54, 1.807) is 12.1 Å². The minimum atomic E-state index is -0.388. The van der Waals surface area contributed by atoms with E-state index in [9.17, 15) is 14.0 Å². The van der Waals surface area contributed by atoms with Gasteiger partial charge in [0.05, 0.1) is 5.25 Å². The van der Waals surface area contributed by atoms with E-state index in [4.69, 9.17) is 0 Å². The third-order valence-electron chi connectivity index (χ3n) is 4.01. The van der Waals surface area contributed by atoms with Crippen LogP contribution in [0.25, 0.3) is 0 Å². The largest absolute Gasteiger partial charge is 0.325 e. The summed E-state index contributed by atoms with van der Waals surface area (Å²) in [6, 6.07) is 20.0. The molecule has 148 valence electrons. The number of carbonyl (C=O) groups excluding carboxylic acids is 2. The van der Waals surface area contributed by atoms with Crippen LogP contribution in [0.15, 0.2) is 82.2 Å². The van der Waals surface area contributed by atoms with E-state index in [1.165, 1.54) is 36.0 Å². The lowest BCUT2D eigenvalue weighted by atomic mass is 10.2. The second-order valence-electron chi connectivity index (χ2n) is 6.24. The van der Waals surface area contributed by atoms with Crippen molar-refractivity contribution in [3.05, 3.63) is 88.6 Å². The zero-order valence-corrected chi connectivity index (χ0v) is 17.9. The molecule has 0 fully saturated rings. The number of thioether (sulfide) groups is 1. The number of amides is 2. The highest BCUT2D eigenvalue weighted by Gasteiger charge is 2.15. The molecule has 29 heavy (non-hydrogen) atoms. The molecule has 3 aromatic rings. The van der Waals surface area contributed by atoms with Crippen LogP contribution in [-0.4, -0.2) is 17.1 Å². The van der Waals surface area contributed by atoms with Crippen LogP contribution >= 0.6 is 27.7 Å². The van der Waals surface area contributed by atoms with Gasteiger partial charge in [-0.3, -0.25) is 9.59 Å². The minimum Gasteiger partial charge on any atom is -0.325 e. The summed E-state index contributed by atoms with van der Waals surface area (Å²) in [7, 11) is 0. The smallest absolute Gasteiger partial charge is 0.255 e. The van der Waals surface area contributed by atoms with Gasteiger partial charge in [-0.2, -0.15) is 0 Å². The van der Waals surface area contributed by atoms with Crippen LogP contribution in [-0.2, 0) is 4.79 Å². The fraction of sp³-hybridized carbons (Fsp3) is 0.0909. The van der Waals surface area contributed by atoms with Gasteiger partial charge in [0.25, 0.3) is 5.91 Å². The van der Waals surface area contributed by atoms with Crippen LogP contribution < -0.4 is 10.6 Å². The van der Waals surface area contributed by atoms with Gasteiger partial charge in [-0.15, -0.1) is 11.8 Å². The average Bonchev–Trinajstić information content (AvgIpc) is 2.71. The van der Waals surface area contributed by atoms with Gasteiger partial charge in [0.1, 0.15) is 5.82 Å². The van der Waals surface area contributed by atoms with Crippen LogP contribution in [0.3, 0.4) is 0 Å². The van der Waals surface area contributed by atoms with Gasteiger partial charge < -0.3 is 10.6 Å². The van der Waals surface area contributed by atoms with E-state index in [0.717, 1.165) is 15.1 Å². The quantitative estimate of drug-likeness (QED) is 0.435. The van der Waals surface area contributed by atoms with E-state index in [-0.39, 0.29) is 22.9 Å². The minimum absolute atomic E-state index is 0.0917. The lowest BCUT2D eigenvalue weighted by molar-refractivity contribution is -0.115. The number of nitrogens with one attached hydrogen (secondary N) is 2. The number of carbonyl (C=O) groups is 2. The van der Waals surface area contributed by atoms with E-state index >= 15 is 0 Å². The third kappa shape index (κ3) is 6.17. The standard InChI is InChI=1S/C22H18BrFN2O2S/c1-14(21(27)25-18-8-4-16(23)5-9-18)29-20-12-10-19(11-13-20)26-22(28)15-2-6-17(24)7-3-15/h2-14H,1H3,(H,25,27)(H,26,28). The normalized spacial score (nSPS) is 11.6. The fourth-order valence-electron chi connectivity index (χ4n) is 2.46. The van der Waals surface area contributed by atoms with Crippen LogP contribution in [0, 0.1) is 5.82 Å². The molecule has 0 aromatic heterocycles. The predicted octanol–water partition coefficient (Wildman–Crippen LogP) is 5.96. The Bertz CT molecular complexity index is 993. The van der Waals surface area contributed by atoms with Crippen molar-refractivity contribution in [1.29, 1.82) is 0 Å². The molecule has 2 N–H and O–H groups in total. The van der Waals surface area contributed by atoms with E-state index in [1.807, 2.05) is 43.3 Å². The van der Waals surface area contributed by atoms with E-state index in [2.05, 4.69) is 26.6 Å². The monoisotopic (exact) mass is 472 g/mol. The Morgan fingerprint density at radius 2 is 1.41 bits per heavy atom. The molecule has 1 unspecified atom stereocenters. The van der Waals surface area contributed by atoms with Crippen LogP contribution in [0.5, 0.6) is 0 Å². The first-order valence-electron chi connectivity index (χ1n) is 8.81. The Hall–Kier alpha value is -2.64. The van der Waals surface area contributed by atoms with Gasteiger partial charge in [-0.25, -0.2) is 4.39 Å². The summed E-state index contributed by atoms with van der Waals surface area (Å²) in [6.45, 7) is 1.84. The van der Waals surface area contributed by atoms with Gasteiger partial charge >= 0.3 is 0 Å². The zero-order chi connectivity index (χ0) is 20.8. The topological polar surface area (TPSA) is 58.2 Å². The highest BCUT2D eigenvalue weighted by molar-refractivity contribution is 9.10. The van der Waals surface area contributed by atoms with Gasteiger partial charge in [-0.1, -0.05) is 15.9 Å². The Labute approximate surface area is 181 Å². The highest BCUT2D eigenvalue weighted by Crippen LogP contribution is 2.26. The predicted molar refractivity (Wildman–Crippen MR) is 119 cm³/mol. The summed E-state index contributed by atoms with van der Waals surface area (Å²) in [5, 5.41) is 5.36. The SMILES string of the molecule is CC(Sc1ccc(NC(=O)c2ccc(F)cc2)cc1)C(=O)Nc1ccc(Br)cc1. The number of halogens is 2. The van der Waals surface area contributed by atoms with E-state index in [0.29, 0.717) is 11.3 Å². The summed E-state index contributed by atoms with van der Waals surface area (Å²) in [4.78, 5) is 25.5. The van der Waals surface area contributed by atoms with Crippen molar-refractivity contribution in [3.8, 4) is 0 Å². The molecule has 0 heterocycles. The summed E-state index contributed by atoms with van der Waals surface area (Å²) >= 11 is 4.79. The van der Waals surface area contributed by atoms with Crippen LogP contribution in [0.2, 0.25) is 0 Å². The Kier molecular flexibility index (Phi) is 7.06. The van der Waals surface area contributed by atoms with Gasteiger partial charge in [0, 0.05) is 26.3 Å². The zero-order valence-electron chi connectivity index (χ0n) is 15.5. The van der Waals surface area contributed by atoms with Crippen molar-refractivity contribution in [2.45, 2.75) is 17.1 Å².